The van der Waals surface area contributed by atoms with Gasteiger partial charge < -0.3 is 5.73 Å². The van der Waals surface area contributed by atoms with E-state index in [2.05, 4.69) is 0 Å². The van der Waals surface area contributed by atoms with Crippen LogP contribution in [0.4, 0.5) is 4.39 Å². The number of nitrogens with two attached hydrogens (primary N) is 1. The normalized spacial score (nSPS) is 12.7. The largest absolute Gasteiger partial charge is 0.329 e. The number of halogens is 2. The molecule has 0 heterocycles. The number of likely N-dealkylation sites (N-methyl/N-ethyl adjacent to an activating group) is 1. The van der Waals surface area contributed by atoms with Crippen LogP contribution in [-0.4, -0.2) is 18.5 Å². The summed E-state index contributed by atoms with van der Waals surface area (Å²) in [6.07, 6.45) is 0. The molecule has 2 aromatic rings. The van der Waals surface area contributed by atoms with E-state index in [1.165, 1.54) is 6.07 Å². The first-order valence-electron chi connectivity index (χ1n) is 6.51. The van der Waals surface area contributed by atoms with Crippen LogP contribution in [0, 0.1) is 5.82 Å². The lowest BCUT2D eigenvalue weighted by atomic mass is 10.0. The van der Waals surface area contributed by atoms with Crippen LogP contribution in [0.25, 0.3) is 0 Å². The van der Waals surface area contributed by atoms with Gasteiger partial charge in [0, 0.05) is 29.7 Å². The molecule has 0 saturated carbocycles. The summed E-state index contributed by atoms with van der Waals surface area (Å²) in [6.45, 7) is 0.951. The van der Waals surface area contributed by atoms with Gasteiger partial charge in [-0.1, -0.05) is 41.9 Å². The van der Waals surface area contributed by atoms with Gasteiger partial charge in [-0.2, -0.15) is 0 Å². The van der Waals surface area contributed by atoms with Crippen molar-refractivity contribution in [2.45, 2.75) is 12.6 Å². The summed E-state index contributed by atoms with van der Waals surface area (Å²) in [6, 6.07) is 14.4. The van der Waals surface area contributed by atoms with E-state index in [0.717, 1.165) is 5.56 Å². The molecular formula is C16H18ClFN2. The van der Waals surface area contributed by atoms with E-state index in [-0.39, 0.29) is 11.9 Å². The Bertz CT molecular complexity index is 574. The first-order chi connectivity index (χ1) is 9.61. The zero-order chi connectivity index (χ0) is 14.5. The second-order valence-electron chi connectivity index (χ2n) is 4.81. The molecule has 106 valence electrons. The third-order valence-corrected chi connectivity index (χ3v) is 3.60. The Morgan fingerprint density at radius 3 is 2.60 bits per heavy atom. The fourth-order valence-electron chi connectivity index (χ4n) is 2.29. The van der Waals surface area contributed by atoms with Gasteiger partial charge in [-0.05, 0) is 30.8 Å². The van der Waals surface area contributed by atoms with Crippen molar-refractivity contribution in [3.63, 3.8) is 0 Å². The number of nitrogens with zero attached hydrogens (tertiary/aromatic N) is 1. The monoisotopic (exact) mass is 292 g/mol. The van der Waals surface area contributed by atoms with Crippen LogP contribution >= 0.6 is 11.6 Å². The van der Waals surface area contributed by atoms with Crippen molar-refractivity contribution in [2.75, 3.05) is 13.6 Å². The fraction of sp³-hybridized carbons (Fsp3) is 0.250. The Morgan fingerprint density at radius 1 is 1.20 bits per heavy atom. The summed E-state index contributed by atoms with van der Waals surface area (Å²) in [5.74, 6) is -0.193. The molecule has 0 aliphatic carbocycles. The van der Waals surface area contributed by atoms with Gasteiger partial charge in [-0.25, -0.2) is 4.39 Å². The molecule has 0 radical (unpaired) electrons. The van der Waals surface area contributed by atoms with Crippen molar-refractivity contribution in [3.05, 3.63) is 70.5 Å². The third-order valence-electron chi connectivity index (χ3n) is 3.37. The highest BCUT2D eigenvalue weighted by atomic mass is 35.5. The van der Waals surface area contributed by atoms with Gasteiger partial charge >= 0.3 is 0 Å². The molecule has 1 atom stereocenters. The first kappa shape index (κ1) is 15.0. The molecule has 0 bridgehead atoms. The molecule has 1 unspecified atom stereocenters. The van der Waals surface area contributed by atoms with Gasteiger partial charge in [-0.15, -0.1) is 0 Å². The summed E-state index contributed by atoms with van der Waals surface area (Å²) in [4.78, 5) is 2.03. The lowest BCUT2D eigenvalue weighted by Crippen LogP contribution is -2.30. The van der Waals surface area contributed by atoms with Crippen molar-refractivity contribution in [1.29, 1.82) is 0 Å². The van der Waals surface area contributed by atoms with Crippen LogP contribution in [0.2, 0.25) is 5.02 Å². The quantitative estimate of drug-likeness (QED) is 0.912. The number of rotatable bonds is 5. The van der Waals surface area contributed by atoms with Crippen molar-refractivity contribution >= 4 is 11.6 Å². The molecular weight excluding hydrogens is 275 g/mol. The van der Waals surface area contributed by atoms with Crippen molar-refractivity contribution in [3.8, 4) is 0 Å². The van der Waals surface area contributed by atoms with Crippen LogP contribution in [0.1, 0.15) is 17.2 Å². The Labute approximate surface area is 124 Å². The van der Waals surface area contributed by atoms with E-state index in [1.54, 1.807) is 12.1 Å². The predicted molar refractivity (Wildman–Crippen MR) is 81.1 cm³/mol. The van der Waals surface area contributed by atoms with Gasteiger partial charge in [0.05, 0.1) is 0 Å². The van der Waals surface area contributed by atoms with Crippen LogP contribution in [-0.2, 0) is 6.54 Å². The maximum Gasteiger partial charge on any atom is 0.127 e. The summed E-state index contributed by atoms with van der Waals surface area (Å²) in [7, 11) is 1.94. The van der Waals surface area contributed by atoms with Crippen LogP contribution in [0.15, 0.2) is 48.5 Å². The van der Waals surface area contributed by atoms with Crippen LogP contribution < -0.4 is 5.73 Å². The molecule has 0 aliphatic rings. The van der Waals surface area contributed by atoms with Gasteiger partial charge in [0.25, 0.3) is 0 Å². The van der Waals surface area contributed by atoms with E-state index in [4.69, 9.17) is 17.3 Å². The highest BCUT2D eigenvalue weighted by molar-refractivity contribution is 6.30. The SMILES string of the molecule is CN(Cc1ccccc1F)C(CN)c1cccc(Cl)c1. The highest BCUT2D eigenvalue weighted by Crippen LogP contribution is 2.23. The smallest absolute Gasteiger partial charge is 0.127 e. The molecule has 2 aromatic carbocycles. The summed E-state index contributed by atoms with van der Waals surface area (Å²) >= 11 is 6.02. The third kappa shape index (κ3) is 3.57. The molecule has 2 N–H and O–H groups in total. The van der Waals surface area contributed by atoms with Crippen LogP contribution in [0.5, 0.6) is 0 Å². The number of benzene rings is 2. The Kier molecular flexibility index (Phi) is 5.12. The van der Waals surface area contributed by atoms with E-state index in [1.807, 2.05) is 42.3 Å². The highest BCUT2D eigenvalue weighted by Gasteiger charge is 2.17. The lowest BCUT2D eigenvalue weighted by molar-refractivity contribution is 0.238. The average molecular weight is 293 g/mol. The maximum atomic E-state index is 13.7. The van der Waals surface area contributed by atoms with Gasteiger partial charge in [0.1, 0.15) is 5.82 Å². The van der Waals surface area contributed by atoms with E-state index < -0.39 is 0 Å². The standard InChI is InChI=1S/C16H18ClFN2/c1-20(11-13-5-2-3-8-15(13)18)16(10-19)12-6-4-7-14(17)9-12/h2-9,16H,10-11,19H2,1H3. The van der Waals surface area contributed by atoms with Gasteiger partial charge in [0.15, 0.2) is 0 Å². The molecule has 2 rings (SSSR count). The topological polar surface area (TPSA) is 29.3 Å². The summed E-state index contributed by atoms with van der Waals surface area (Å²) in [5, 5.41) is 0.681. The molecule has 0 fully saturated rings. The van der Waals surface area contributed by atoms with Crippen molar-refractivity contribution in [1.82, 2.24) is 4.90 Å². The molecule has 0 spiro atoms. The zero-order valence-corrected chi connectivity index (χ0v) is 12.1. The minimum absolute atomic E-state index is 0.00769. The van der Waals surface area contributed by atoms with Gasteiger partial charge in [-0.3, -0.25) is 4.90 Å². The van der Waals surface area contributed by atoms with Gasteiger partial charge in [0.2, 0.25) is 0 Å². The first-order valence-corrected chi connectivity index (χ1v) is 6.89. The second-order valence-corrected chi connectivity index (χ2v) is 5.25. The number of hydrogen-bond donors (Lipinski definition) is 1. The van der Waals surface area contributed by atoms with E-state index >= 15 is 0 Å². The zero-order valence-electron chi connectivity index (χ0n) is 11.4. The van der Waals surface area contributed by atoms with E-state index in [9.17, 15) is 4.39 Å². The molecule has 4 heteroatoms. The minimum atomic E-state index is -0.193. The Hall–Kier alpha value is -1.42. The molecule has 2 nitrogen and oxygen atoms in total. The Morgan fingerprint density at radius 2 is 1.95 bits per heavy atom. The fourth-order valence-corrected chi connectivity index (χ4v) is 2.49. The predicted octanol–water partition coefficient (Wildman–Crippen LogP) is 3.61. The molecule has 0 aliphatic heterocycles. The van der Waals surface area contributed by atoms with E-state index in [0.29, 0.717) is 23.7 Å². The molecule has 0 aromatic heterocycles. The average Bonchev–Trinajstić information content (AvgIpc) is 2.42. The molecule has 0 amide bonds. The minimum Gasteiger partial charge on any atom is -0.329 e. The van der Waals surface area contributed by atoms with Crippen molar-refractivity contribution in [2.24, 2.45) is 5.73 Å². The summed E-state index contributed by atoms with van der Waals surface area (Å²) < 4.78 is 13.7. The molecule has 20 heavy (non-hydrogen) atoms. The molecule has 0 saturated heterocycles. The van der Waals surface area contributed by atoms with Crippen molar-refractivity contribution < 1.29 is 4.39 Å². The summed E-state index contributed by atoms with van der Waals surface area (Å²) in [5.41, 5.74) is 7.57. The Balaban J connectivity index is 2.17. The number of hydrogen-bond acceptors (Lipinski definition) is 2. The maximum absolute atomic E-state index is 13.7. The second kappa shape index (κ2) is 6.84. The lowest BCUT2D eigenvalue weighted by Gasteiger charge is -2.27. The van der Waals surface area contributed by atoms with Crippen LogP contribution in [0.3, 0.4) is 0 Å².